The summed E-state index contributed by atoms with van der Waals surface area (Å²) in [5, 5.41) is 12.3. The van der Waals surface area contributed by atoms with E-state index in [-0.39, 0.29) is 12.5 Å². The zero-order valence-corrected chi connectivity index (χ0v) is 18.7. The van der Waals surface area contributed by atoms with Crippen molar-refractivity contribution in [2.75, 3.05) is 5.32 Å². The van der Waals surface area contributed by atoms with Gasteiger partial charge < -0.3 is 9.84 Å². The lowest BCUT2D eigenvalue weighted by atomic mass is 10.0. The van der Waals surface area contributed by atoms with Crippen LogP contribution in [0.1, 0.15) is 24.2 Å². The number of anilines is 1. The highest BCUT2D eigenvalue weighted by atomic mass is 32.1. The number of rotatable bonds is 7. The van der Waals surface area contributed by atoms with E-state index in [4.69, 9.17) is 9.84 Å². The van der Waals surface area contributed by atoms with Crippen molar-refractivity contribution in [3.63, 3.8) is 0 Å². The van der Waals surface area contributed by atoms with Crippen LogP contribution >= 0.6 is 11.3 Å². The van der Waals surface area contributed by atoms with E-state index in [0.29, 0.717) is 10.7 Å². The van der Waals surface area contributed by atoms with Crippen LogP contribution in [0, 0.1) is 0 Å². The fourth-order valence-corrected chi connectivity index (χ4v) is 4.11. The summed E-state index contributed by atoms with van der Waals surface area (Å²) in [4.78, 5) is 27.7. The fourth-order valence-electron chi connectivity index (χ4n) is 3.43. The Hall–Kier alpha value is -3.97. The first-order valence-electron chi connectivity index (χ1n) is 10.4. The number of amides is 1. The number of nitrogens with one attached hydrogen (secondary N) is 1. The number of carboxylic acids is 1. The quantitative estimate of drug-likeness (QED) is 0.334. The summed E-state index contributed by atoms with van der Waals surface area (Å²) in [6.07, 6.45) is -0.899. The van der Waals surface area contributed by atoms with Gasteiger partial charge in [0.25, 0.3) is 0 Å². The molecule has 0 aliphatic rings. The van der Waals surface area contributed by atoms with E-state index in [1.54, 1.807) is 5.51 Å². The van der Waals surface area contributed by atoms with Gasteiger partial charge in [-0.25, -0.2) is 9.78 Å². The number of ether oxygens (including phenoxy) is 1. The highest BCUT2D eigenvalue weighted by Gasteiger charge is 2.16. The van der Waals surface area contributed by atoms with E-state index in [1.165, 1.54) is 11.3 Å². The zero-order valence-electron chi connectivity index (χ0n) is 17.9. The van der Waals surface area contributed by atoms with Crippen LogP contribution < -0.4 is 5.32 Å². The number of hydrogen-bond acceptors (Lipinski definition) is 5. The molecule has 1 atom stereocenters. The molecule has 0 aliphatic carbocycles. The van der Waals surface area contributed by atoms with Gasteiger partial charge in [-0.2, -0.15) is 0 Å². The molecule has 166 valence electrons. The molecule has 0 aliphatic heterocycles. The third-order valence-electron chi connectivity index (χ3n) is 5.14. The van der Waals surface area contributed by atoms with Gasteiger partial charge in [0.2, 0.25) is 0 Å². The Morgan fingerprint density at radius 1 is 0.939 bits per heavy atom. The molecule has 0 fully saturated rings. The number of carbonyl (C=O) groups excluding carboxylic acids is 1. The van der Waals surface area contributed by atoms with E-state index in [1.807, 2.05) is 85.8 Å². The van der Waals surface area contributed by atoms with Gasteiger partial charge in [0.15, 0.2) is 0 Å². The molecule has 4 aromatic rings. The predicted molar refractivity (Wildman–Crippen MR) is 129 cm³/mol. The summed E-state index contributed by atoms with van der Waals surface area (Å²) in [5.74, 6) is -0.849. The summed E-state index contributed by atoms with van der Waals surface area (Å²) in [6, 6.07) is 24.8. The molecule has 6 nitrogen and oxygen atoms in total. The van der Waals surface area contributed by atoms with Crippen molar-refractivity contribution >= 4 is 28.4 Å². The molecule has 7 heteroatoms. The molecular formula is C26H22N2O4S. The van der Waals surface area contributed by atoms with Gasteiger partial charge in [-0.05, 0) is 29.2 Å². The Bertz CT molecular complexity index is 1240. The van der Waals surface area contributed by atoms with Gasteiger partial charge in [-0.15, -0.1) is 11.3 Å². The lowest BCUT2D eigenvalue weighted by Crippen LogP contribution is -2.15. The van der Waals surface area contributed by atoms with Crippen LogP contribution in [0.2, 0.25) is 0 Å². The normalized spacial score (nSPS) is 11.5. The Balaban J connectivity index is 1.44. The number of benzene rings is 3. The van der Waals surface area contributed by atoms with Gasteiger partial charge in [-0.3, -0.25) is 10.1 Å². The first kappa shape index (κ1) is 22.2. The molecular weight excluding hydrogens is 436 g/mol. The standard InChI is InChI=1S/C26H22N2O4S/c1-17(19-5-3-2-4-6-19)32-26(31)28-25-24(27-16-33-25)22-13-11-21(12-14-22)20-9-7-18(8-10-20)15-23(29)30/h2-14,16-17H,15H2,1H3,(H,28,31)(H,29,30). The number of carbonyl (C=O) groups is 2. The van der Waals surface area contributed by atoms with Gasteiger partial charge in [0.1, 0.15) is 16.8 Å². The van der Waals surface area contributed by atoms with Crippen molar-refractivity contribution in [1.82, 2.24) is 4.98 Å². The maximum absolute atomic E-state index is 12.4. The second kappa shape index (κ2) is 10.1. The lowest BCUT2D eigenvalue weighted by Gasteiger charge is -2.14. The summed E-state index contributed by atoms with van der Waals surface area (Å²) < 4.78 is 5.50. The zero-order chi connectivity index (χ0) is 23.2. The Morgan fingerprint density at radius 2 is 1.55 bits per heavy atom. The Labute approximate surface area is 195 Å². The van der Waals surface area contributed by atoms with Crippen LogP contribution in [0.25, 0.3) is 22.4 Å². The molecule has 1 aromatic heterocycles. The molecule has 0 spiro atoms. The van der Waals surface area contributed by atoms with Crippen molar-refractivity contribution < 1.29 is 19.4 Å². The van der Waals surface area contributed by atoms with Crippen molar-refractivity contribution in [2.24, 2.45) is 0 Å². The van der Waals surface area contributed by atoms with Crippen LogP contribution in [-0.4, -0.2) is 22.2 Å². The predicted octanol–water partition coefficient (Wildman–Crippen LogP) is 6.41. The van der Waals surface area contributed by atoms with Crippen LogP contribution in [0.4, 0.5) is 9.80 Å². The van der Waals surface area contributed by atoms with Crippen molar-refractivity contribution in [2.45, 2.75) is 19.4 Å². The maximum atomic E-state index is 12.4. The minimum absolute atomic E-state index is 0.00534. The molecule has 0 saturated heterocycles. The molecule has 1 unspecified atom stereocenters. The molecule has 4 rings (SSSR count). The Kier molecular flexibility index (Phi) is 6.80. The second-order valence-electron chi connectivity index (χ2n) is 7.46. The van der Waals surface area contributed by atoms with Gasteiger partial charge >= 0.3 is 12.1 Å². The number of aliphatic carboxylic acids is 1. The molecule has 0 radical (unpaired) electrons. The van der Waals surface area contributed by atoms with E-state index in [0.717, 1.165) is 27.8 Å². The number of hydrogen-bond donors (Lipinski definition) is 2. The summed E-state index contributed by atoms with van der Waals surface area (Å²) in [6.45, 7) is 1.83. The SMILES string of the molecule is CC(OC(=O)Nc1scnc1-c1ccc(-c2ccc(CC(=O)O)cc2)cc1)c1ccccc1. The summed E-state index contributed by atoms with van der Waals surface area (Å²) in [5.41, 5.74) is 6.90. The van der Waals surface area contributed by atoms with Crippen LogP contribution in [0.3, 0.4) is 0 Å². The smallest absolute Gasteiger partial charge is 0.412 e. The first-order chi connectivity index (χ1) is 16.0. The molecule has 3 aromatic carbocycles. The van der Waals surface area contributed by atoms with Crippen LogP contribution in [0.15, 0.2) is 84.4 Å². The molecule has 1 heterocycles. The van der Waals surface area contributed by atoms with Crippen LogP contribution in [-0.2, 0) is 16.0 Å². The number of thiazole rings is 1. The van der Waals surface area contributed by atoms with Gasteiger partial charge in [0.05, 0.1) is 11.9 Å². The molecule has 33 heavy (non-hydrogen) atoms. The monoisotopic (exact) mass is 458 g/mol. The highest BCUT2D eigenvalue weighted by Crippen LogP contribution is 2.32. The second-order valence-corrected chi connectivity index (χ2v) is 8.31. The Morgan fingerprint density at radius 3 is 2.18 bits per heavy atom. The van der Waals surface area contributed by atoms with Crippen molar-refractivity contribution in [1.29, 1.82) is 0 Å². The lowest BCUT2D eigenvalue weighted by molar-refractivity contribution is -0.136. The topological polar surface area (TPSA) is 88.5 Å². The van der Waals surface area contributed by atoms with E-state index in [2.05, 4.69) is 10.3 Å². The first-order valence-corrected chi connectivity index (χ1v) is 11.2. The van der Waals surface area contributed by atoms with E-state index < -0.39 is 12.1 Å². The third-order valence-corrected chi connectivity index (χ3v) is 5.88. The average Bonchev–Trinajstić information content (AvgIpc) is 3.28. The molecule has 0 saturated carbocycles. The van der Waals surface area contributed by atoms with Crippen molar-refractivity contribution in [3.05, 3.63) is 95.5 Å². The maximum Gasteiger partial charge on any atom is 0.412 e. The largest absolute Gasteiger partial charge is 0.481 e. The fraction of sp³-hybridized carbons (Fsp3) is 0.115. The number of nitrogens with zero attached hydrogens (tertiary/aromatic N) is 1. The summed E-state index contributed by atoms with van der Waals surface area (Å²) in [7, 11) is 0. The number of carboxylic acid groups (broad SMARTS) is 1. The third kappa shape index (κ3) is 5.64. The average molecular weight is 459 g/mol. The molecule has 0 bridgehead atoms. The van der Waals surface area contributed by atoms with Crippen LogP contribution in [0.5, 0.6) is 0 Å². The minimum Gasteiger partial charge on any atom is -0.481 e. The number of aromatic nitrogens is 1. The van der Waals surface area contributed by atoms with Crippen molar-refractivity contribution in [3.8, 4) is 22.4 Å². The van der Waals surface area contributed by atoms with Gasteiger partial charge in [0, 0.05) is 5.56 Å². The molecule has 2 N–H and O–H groups in total. The van der Waals surface area contributed by atoms with E-state index >= 15 is 0 Å². The van der Waals surface area contributed by atoms with Gasteiger partial charge in [-0.1, -0.05) is 78.9 Å². The molecule has 1 amide bonds. The highest BCUT2D eigenvalue weighted by molar-refractivity contribution is 7.14. The minimum atomic E-state index is -0.849. The van der Waals surface area contributed by atoms with E-state index in [9.17, 15) is 9.59 Å². The summed E-state index contributed by atoms with van der Waals surface area (Å²) >= 11 is 1.33.